The predicted octanol–water partition coefficient (Wildman–Crippen LogP) is 3.16. The van der Waals surface area contributed by atoms with E-state index in [9.17, 15) is 8.42 Å². The molecule has 2 rings (SSSR count). The van der Waals surface area contributed by atoms with Gasteiger partial charge in [0.1, 0.15) is 0 Å². The Kier molecular flexibility index (Phi) is 3.47. The van der Waals surface area contributed by atoms with Crippen LogP contribution in [0, 0.1) is 6.92 Å². The second-order valence-electron chi connectivity index (χ2n) is 6.00. The van der Waals surface area contributed by atoms with E-state index >= 15 is 0 Å². The van der Waals surface area contributed by atoms with E-state index in [1.807, 2.05) is 23.8 Å². The van der Waals surface area contributed by atoms with Gasteiger partial charge in [0, 0.05) is 18.3 Å². The van der Waals surface area contributed by atoms with Gasteiger partial charge in [0.25, 0.3) is 0 Å². The molecule has 104 valence electrons. The normalized spacial score (nSPS) is 13.1. The number of sulfone groups is 1. The maximum absolute atomic E-state index is 12.1. The van der Waals surface area contributed by atoms with Crippen molar-refractivity contribution in [2.24, 2.45) is 0 Å². The maximum Gasteiger partial charge on any atom is 0.156 e. The zero-order valence-electron chi connectivity index (χ0n) is 12.0. The van der Waals surface area contributed by atoms with Crippen molar-refractivity contribution in [2.75, 3.05) is 5.75 Å². The molecule has 0 radical (unpaired) electrons. The number of hydrogen-bond acceptors (Lipinski definition) is 2. The minimum atomic E-state index is -3.07. The van der Waals surface area contributed by atoms with Crippen LogP contribution in [-0.4, -0.2) is 23.5 Å². The molecule has 2 aromatic rings. The number of aromatic nitrogens is 1. The molecule has 4 heteroatoms. The minimum absolute atomic E-state index is 0.175. The monoisotopic (exact) mass is 279 g/mol. The highest BCUT2D eigenvalue weighted by molar-refractivity contribution is 7.92. The van der Waals surface area contributed by atoms with Crippen molar-refractivity contribution in [1.29, 1.82) is 0 Å². The van der Waals surface area contributed by atoms with Gasteiger partial charge in [-0.3, -0.25) is 0 Å². The molecule has 1 aromatic heterocycles. The summed E-state index contributed by atoms with van der Waals surface area (Å²) in [6.45, 7) is 7.80. The lowest BCUT2D eigenvalue weighted by molar-refractivity contribution is 0.555. The lowest BCUT2D eigenvalue weighted by Crippen LogP contribution is -2.31. The molecule has 0 fully saturated rings. The van der Waals surface area contributed by atoms with Crippen LogP contribution in [0.2, 0.25) is 0 Å². The molecule has 0 bridgehead atoms. The molecule has 0 aliphatic heterocycles. The summed E-state index contributed by atoms with van der Waals surface area (Å²) < 4.78 is 25.6. The third kappa shape index (κ3) is 2.84. The third-order valence-corrected chi connectivity index (χ3v) is 6.05. The number of rotatable bonds is 3. The molecule has 1 heterocycles. The van der Waals surface area contributed by atoms with Crippen LogP contribution in [0.4, 0.5) is 0 Å². The Morgan fingerprint density at radius 3 is 2.47 bits per heavy atom. The van der Waals surface area contributed by atoms with Crippen LogP contribution in [0.25, 0.3) is 10.9 Å². The summed E-state index contributed by atoms with van der Waals surface area (Å²) in [5, 5.41) is 1.15. The summed E-state index contributed by atoms with van der Waals surface area (Å²) in [6, 6.07) is 8.26. The van der Waals surface area contributed by atoms with Crippen LogP contribution in [-0.2, 0) is 16.4 Å². The molecule has 0 saturated heterocycles. The van der Waals surface area contributed by atoms with E-state index in [4.69, 9.17) is 0 Å². The summed E-state index contributed by atoms with van der Waals surface area (Å²) >= 11 is 0. The van der Waals surface area contributed by atoms with Gasteiger partial charge in [0.2, 0.25) is 0 Å². The van der Waals surface area contributed by atoms with Gasteiger partial charge in [-0.25, -0.2) is 8.42 Å². The summed E-state index contributed by atoms with van der Waals surface area (Å²) in [5.41, 5.74) is 2.29. The van der Waals surface area contributed by atoms with E-state index in [2.05, 4.69) is 18.2 Å². The van der Waals surface area contributed by atoms with Crippen LogP contribution in [0.1, 0.15) is 26.3 Å². The summed E-state index contributed by atoms with van der Waals surface area (Å²) in [4.78, 5) is 0. The van der Waals surface area contributed by atoms with Crippen LogP contribution < -0.4 is 0 Å². The molecule has 0 aliphatic rings. The van der Waals surface area contributed by atoms with Crippen molar-refractivity contribution in [2.45, 2.75) is 39.0 Å². The first-order valence-electron chi connectivity index (χ1n) is 6.48. The van der Waals surface area contributed by atoms with Crippen molar-refractivity contribution in [3.05, 3.63) is 36.0 Å². The zero-order valence-corrected chi connectivity index (χ0v) is 12.8. The standard InChI is InChI=1S/C15H21NO2S/c1-12-5-6-13-7-8-16(14(13)11-12)9-10-19(17,18)15(2,3)4/h5-8,11H,9-10H2,1-4H3. The van der Waals surface area contributed by atoms with E-state index in [0.29, 0.717) is 6.54 Å². The highest BCUT2D eigenvalue weighted by Gasteiger charge is 2.28. The lowest BCUT2D eigenvalue weighted by atomic mass is 10.2. The average molecular weight is 279 g/mol. The van der Waals surface area contributed by atoms with Crippen molar-refractivity contribution < 1.29 is 8.42 Å². The molecule has 1 aromatic carbocycles. The molecule has 3 nitrogen and oxygen atoms in total. The third-order valence-electron chi connectivity index (χ3n) is 3.46. The fraction of sp³-hybridized carbons (Fsp3) is 0.467. The highest BCUT2D eigenvalue weighted by atomic mass is 32.2. The molecule has 0 aliphatic carbocycles. The minimum Gasteiger partial charge on any atom is -0.346 e. The lowest BCUT2D eigenvalue weighted by Gasteiger charge is -2.19. The molecule has 0 saturated carbocycles. The van der Waals surface area contributed by atoms with Crippen LogP contribution in [0.15, 0.2) is 30.5 Å². The molecular formula is C15H21NO2S. The first-order valence-corrected chi connectivity index (χ1v) is 8.14. The molecule has 0 N–H and O–H groups in total. The van der Waals surface area contributed by atoms with Crippen molar-refractivity contribution in [3.63, 3.8) is 0 Å². The van der Waals surface area contributed by atoms with Gasteiger partial charge in [-0.15, -0.1) is 0 Å². The Labute approximate surface area is 115 Å². The predicted molar refractivity (Wildman–Crippen MR) is 80.2 cm³/mol. The van der Waals surface area contributed by atoms with Gasteiger partial charge < -0.3 is 4.57 Å². The second-order valence-corrected chi connectivity index (χ2v) is 8.87. The van der Waals surface area contributed by atoms with Gasteiger partial charge >= 0.3 is 0 Å². The van der Waals surface area contributed by atoms with Crippen molar-refractivity contribution >= 4 is 20.7 Å². The Hall–Kier alpha value is -1.29. The smallest absolute Gasteiger partial charge is 0.156 e. The Morgan fingerprint density at radius 1 is 1.16 bits per heavy atom. The summed E-state index contributed by atoms with van der Waals surface area (Å²) in [6.07, 6.45) is 1.96. The number of hydrogen-bond donors (Lipinski definition) is 0. The highest BCUT2D eigenvalue weighted by Crippen LogP contribution is 2.20. The van der Waals surface area contributed by atoms with Gasteiger partial charge in [-0.2, -0.15) is 0 Å². The van der Waals surface area contributed by atoms with Crippen molar-refractivity contribution in [1.82, 2.24) is 4.57 Å². The van der Waals surface area contributed by atoms with Crippen LogP contribution in [0.3, 0.4) is 0 Å². The first-order chi connectivity index (χ1) is 8.71. The van der Waals surface area contributed by atoms with E-state index < -0.39 is 14.6 Å². The van der Waals surface area contributed by atoms with Gasteiger partial charge in [0.05, 0.1) is 10.5 Å². The zero-order chi connectivity index (χ0) is 14.3. The van der Waals surface area contributed by atoms with E-state index in [1.54, 1.807) is 20.8 Å². The quantitative estimate of drug-likeness (QED) is 0.865. The molecule has 0 atom stereocenters. The topological polar surface area (TPSA) is 39.1 Å². The summed E-state index contributed by atoms with van der Waals surface area (Å²) in [7, 11) is -3.07. The molecular weight excluding hydrogens is 258 g/mol. The van der Waals surface area contributed by atoms with Gasteiger partial charge in [0.15, 0.2) is 9.84 Å². The molecule has 0 amide bonds. The largest absolute Gasteiger partial charge is 0.346 e. The number of fused-ring (bicyclic) bond motifs is 1. The van der Waals surface area contributed by atoms with Crippen molar-refractivity contribution in [3.8, 4) is 0 Å². The SMILES string of the molecule is Cc1ccc2ccn(CCS(=O)(=O)C(C)(C)C)c2c1. The Balaban J connectivity index is 2.26. The van der Waals surface area contributed by atoms with E-state index in [1.165, 1.54) is 5.56 Å². The van der Waals surface area contributed by atoms with Crippen LogP contribution >= 0.6 is 0 Å². The maximum atomic E-state index is 12.1. The van der Waals surface area contributed by atoms with Crippen LogP contribution in [0.5, 0.6) is 0 Å². The fourth-order valence-electron chi connectivity index (χ4n) is 2.01. The number of benzene rings is 1. The molecule has 19 heavy (non-hydrogen) atoms. The second kappa shape index (κ2) is 4.67. The molecule has 0 spiro atoms. The first kappa shape index (κ1) is 14.1. The molecule has 0 unspecified atom stereocenters. The number of aryl methyl sites for hydroxylation is 2. The number of nitrogens with zero attached hydrogens (tertiary/aromatic N) is 1. The summed E-state index contributed by atoms with van der Waals surface area (Å²) in [5.74, 6) is 0.175. The van der Waals surface area contributed by atoms with E-state index in [-0.39, 0.29) is 5.75 Å². The Morgan fingerprint density at radius 2 is 1.84 bits per heavy atom. The van der Waals surface area contributed by atoms with E-state index in [0.717, 1.165) is 10.9 Å². The van der Waals surface area contributed by atoms with Gasteiger partial charge in [-0.1, -0.05) is 12.1 Å². The van der Waals surface area contributed by atoms with Gasteiger partial charge in [-0.05, 0) is 50.8 Å². The average Bonchev–Trinajstić information content (AvgIpc) is 2.67. The fourth-order valence-corrected chi connectivity index (χ4v) is 3.06. The Bertz CT molecular complexity index is 690.